The number of hydrogen-bond acceptors (Lipinski definition) is 3. The van der Waals surface area contributed by atoms with Crippen LogP contribution < -0.4 is 0 Å². The van der Waals surface area contributed by atoms with Crippen LogP contribution >= 0.6 is 11.6 Å². The first-order valence-electron chi connectivity index (χ1n) is 9.74. The predicted molar refractivity (Wildman–Crippen MR) is 107 cm³/mol. The smallest absolute Gasteiger partial charge is 0.390 e. The molecule has 2 aliphatic rings. The van der Waals surface area contributed by atoms with Gasteiger partial charge in [-0.25, -0.2) is 0 Å². The number of hydrogen-bond donors (Lipinski definition) is 0. The van der Waals surface area contributed by atoms with E-state index in [0.717, 1.165) is 36.2 Å². The molecule has 0 saturated heterocycles. The predicted octanol–water partition coefficient (Wildman–Crippen LogP) is 5.29. The summed E-state index contributed by atoms with van der Waals surface area (Å²) in [5, 5.41) is 4.72. The van der Waals surface area contributed by atoms with Crippen molar-refractivity contribution in [3.8, 4) is 0 Å². The summed E-state index contributed by atoms with van der Waals surface area (Å²) in [6.07, 6.45) is -2.52. The summed E-state index contributed by atoms with van der Waals surface area (Å²) in [5.41, 5.74) is 1.45. The topological polar surface area (TPSA) is 41.9 Å². The number of oxime groups is 1. The highest BCUT2D eigenvalue weighted by Crippen LogP contribution is 2.33. The molecule has 2 aromatic carbocycles. The minimum atomic E-state index is -4.38. The summed E-state index contributed by atoms with van der Waals surface area (Å²) < 4.78 is 38.4. The maximum Gasteiger partial charge on any atom is 0.416 e. The molecule has 0 radical (unpaired) electrons. The molecule has 1 heterocycles. The molecule has 1 aliphatic carbocycles. The third kappa shape index (κ3) is 4.78. The molecule has 8 heteroatoms. The van der Waals surface area contributed by atoms with E-state index in [4.69, 9.17) is 16.4 Å². The number of benzene rings is 2. The zero-order chi connectivity index (χ0) is 21.3. The number of amides is 1. The molecule has 0 spiro atoms. The molecule has 158 valence electrons. The number of carbonyl (C=O) groups is 1. The van der Waals surface area contributed by atoms with Crippen molar-refractivity contribution < 1.29 is 22.8 Å². The lowest BCUT2D eigenvalue weighted by molar-refractivity contribution is -0.138. The SMILES string of the molecule is O=C(C1CC1)N(Cc1ccc(C(F)(F)F)cc1)C[C@@H]1CC(c2ccccc2Cl)=NO1. The van der Waals surface area contributed by atoms with E-state index in [1.807, 2.05) is 18.2 Å². The number of rotatable bonds is 6. The van der Waals surface area contributed by atoms with E-state index < -0.39 is 11.7 Å². The van der Waals surface area contributed by atoms with Crippen LogP contribution in [0.2, 0.25) is 5.02 Å². The fraction of sp³-hybridized carbons (Fsp3) is 0.364. The molecule has 0 aromatic heterocycles. The first kappa shape index (κ1) is 20.7. The van der Waals surface area contributed by atoms with Crippen LogP contribution in [0.1, 0.15) is 36.0 Å². The molecule has 30 heavy (non-hydrogen) atoms. The molecule has 1 atom stereocenters. The number of carbonyl (C=O) groups excluding carboxylic acids is 1. The normalized spacial score (nSPS) is 18.7. The van der Waals surface area contributed by atoms with Gasteiger partial charge in [0, 0.05) is 29.5 Å². The molecule has 4 nitrogen and oxygen atoms in total. The lowest BCUT2D eigenvalue weighted by Gasteiger charge is -2.25. The Morgan fingerprint density at radius 3 is 2.47 bits per heavy atom. The van der Waals surface area contributed by atoms with Gasteiger partial charge >= 0.3 is 6.18 Å². The average molecular weight is 437 g/mol. The summed E-state index contributed by atoms with van der Waals surface area (Å²) in [6, 6.07) is 12.3. The van der Waals surface area contributed by atoms with Crippen molar-refractivity contribution >= 4 is 23.2 Å². The summed E-state index contributed by atoms with van der Waals surface area (Å²) >= 11 is 6.23. The molecule has 0 unspecified atom stereocenters. The molecule has 0 N–H and O–H groups in total. The quantitative estimate of drug-likeness (QED) is 0.617. The summed E-state index contributed by atoms with van der Waals surface area (Å²) in [4.78, 5) is 20.0. The fourth-order valence-corrected chi connectivity index (χ4v) is 3.71. The second kappa shape index (κ2) is 8.30. The Morgan fingerprint density at radius 1 is 1.13 bits per heavy atom. The van der Waals surface area contributed by atoms with Crippen molar-refractivity contribution in [1.29, 1.82) is 0 Å². The van der Waals surface area contributed by atoms with Gasteiger partial charge in [-0.05, 0) is 36.6 Å². The summed E-state index contributed by atoms with van der Waals surface area (Å²) in [7, 11) is 0. The van der Waals surface area contributed by atoms with Gasteiger partial charge in [0.25, 0.3) is 0 Å². The van der Waals surface area contributed by atoms with E-state index >= 15 is 0 Å². The molecule has 0 bridgehead atoms. The Bertz CT molecular complexity index is 956. The highest BCUT2D eigenvalue weighted by molar-refractivity contribution is 6.34. The van der Waals surface area contributed by atoms with Gasteiger partial charge in [0.15, 0.2) is 6.10 Å². The maximum absolute atomic E-state index is 12.8. The van der Waals surface area contributed by atoms with Crippen LogP contribution in [0.15, 0.2) is 53.7 Å². The second-order valence-corrected chi connectivity index (χ2v) is 8.04. The van der Waals surface area contributed by atoms with Crippen molar-refractivity contribution in [2.24, 2.45) is 11.1 Å². The molecule has 1 amide bonds. The van der Waals surface area contributed by atoms with Crippen LogP contribution in [0, 0.1) is 5.92 Å². The van der Waals surface area contributed by atoms with Crippen LogP contribution in [0.25, 0.3) is 0 Å². The monoisotopic (exact) mass is 436 g/mol. The fourth-order valence-electron chi connectivity index (χ4n) is 3.47. The largest absolute Gasteiger partial charge is 0.416 e. The molecule has 4 rings (SSSR count). The summed E-state index contributed by atoms with van der Waals surface area (Å²) in [5.74, 6) is -0.00509. The van der Waals surface area contributed by atoms with Gasteiger partial charge < -0.3 is 9.74 Å². The molecular weight excluding hydrogens is 417 g/mol. The van der Waals surface area contributed by atoms with Gasteiger partial charge in [-0.15, -0.1) is 0 Å². The Kier molecular flexibility index (Phi) is 5.73. The minimum absolute atomic E-state index is 0.00434. The van der Waals surface area contributed by atoms with E-state index in [1.165, 1.54) is 12.1 Å². The standard InChI is InChI=1S/C22H20ClF3N2O2/c23-19-4-2-1-3-18(19)20-11-17(30-27-20)13-28(21(29)15-7-8-15)12-14-5-9-16(10-6-14)22(24,25)26/h1-6,9-10,15,17H,7-8,11-13H2/t17-/m0/s1. The van der Waals surface area contributed by atoms with Gasteiger partial charge in [-0.3, -0.25) is 4.79 Å². The van der Waals surface area contributed by atoms with Gasteiger partial charge in [0.2, 0.25) is 5.91 Å². The molecule has 2 aromatic rings. The zero-order valence-electron chi connectivity index (χ0n) is 16.0. The van der Waals surface area contributed by atoms with Gasteiger partial charge in [0.1, 0.15) is 0 Å². The number of halogens is 4. The number of nitrogens with zero attached hydrogens (tertiary/aromatic N) is 2. The van der Waals surface area contributed by atoms with Crippen LogP contribution in [-0.4, -0.2) is 29.2 Å². The highest BCUT2D eigenvalue weighted by atomic mass is 35.5. The molecule has 1 fully saturated rings. The van der Waals surface area contributed by atoms with Crippen LogP contribution in [-0.2, 0) is 22.4 Å². The lowest BCUT2D eigenvalue weighted by Crippen LogP contribution is -2.38. The second-order valence-electron chi connectivity index (χ2n) is 7.64. The third-order valence-electron chi connectivity index (χ3n) is 5.23. The Morgan fingerprint density at radius 2 is 1.83 bits per heavy atom. The molecule has 1 saturated carbocycles. The van der Waals surface area contributed by atoms with Crippen LogP contribution in [0.5, 0.6) is 0 Å². The van der Waals surface area contributed by atoms with Gasteiger partial charge in [0.05, 0.1) is 17.8 Å². The van der Waals surface area contributed by atoms with E-state index in [0.29, 0.717) is 23.6 Å². The van der Waals surface area contributed by atoms with E-state index in [-0.39, 0.29) is 24.5 Å². The average Bonchev–Trinajstić information content (AvgIpc) is 3.46. The van der Waals surface area contributed by atoms with Crippen LogP contribution in [0.4, 0.5) is 13.2 Å². The van der Waals surface area contributed by atoms with Crippen molar-refractivity contribution in [3.05, 3.63) is 70.2 Å². The Hall–Kier alpha value is -2.54. The van der Waals surface area contributed by atoms with Crippen molar-refractivity contribution in [2.45, 2.75) is 38.1 Å². The van der Waals surface area contributed by atoms with Gasteiger partial charge in [-0.1, -0.05) is 47.1 Å². The first-order chi connectivity index (χ1) is 14.3. The van der Waals surface area contributed by atoms with E-state index in [2.05, 4.69) is 5.16 Å². The molecule has 1 aliphatic heterocycles. The first-order valence-corrected chi connectivity index (χ1v) is 10.1. The van der Waals surface area contributed by atoms with Crippen molar-refractivity contribution in [2.75, 3.05) is 6.54 Å². The Balaban J connectivity index is 1.44. The molecular formula is C22H20ClF3N2O2. The maximum atomic E-state index is 12.8. The third-order valence-corrected chi connectivity index (χ3v) is 5.56. The zero-order valence-corrected chi connectivity index (χ0v) is 16.8. The van der Waals surface area contributed by atoms with Crippen molar-refractivity contribution in [3.63, 3.8) is 0 Å². The van der Waals surface area contributed by atoms with Crippen molar-refractivity contribution in [1.82, 2.24) is 4.90 Å². The van der Waals surface area contributed by atoms with Gasteiger partial charge in [-0.2, -0.15) is 13.2 Å². The Labute approximate surface area is 177 Å². The highest BCUT2D eigenvalue weighted by Gasteiger charge is 2.36. The number of alkyl halides is 3. The summed E-state index contributed by atoms with van der Waals surface area (Å²) in [6.45, 7) is 0.544. The van der Waals surface area contributed by atoms with Crippen LogP contribution in [0.3, 0.4) is 0 Å². The van der Waals surface area contributed by atoms with E-state index in [1.54, 1.807) is 11.0 Å². The lowest BCUT2D eigenvalue weighted by atomic mass is 10.0. The minimum Gasteiger partial charge on any atom is -0.390 e. The van der Waals surface area contributed by atoms with E-state index in [9.17, 15) is 18.0 Å².